The zero-order valence-electron chi connectivity index (χ0n) is 15.8. The number of benzene rings is 1. The third-order valence-corrected chi connectivity index (χ3v) is 4.79. The first kappa shape index (κ1) is 20.0. The molecule has 0 spiro atoms. The predicted octanol–water partition coefficient (Wildman–Crippen LogP) is 3.49. The van der Waals surface area contributed by atoms with Gasteiger partial charge in [0.1, 0.15) is 0 Å². The Morgan fingerprint density at radius 1 is 1.04 bits per heavy atom. The summed E-state index contributed by atoms with van der Waals surface area (Å²) in [6, 6.07) is 9.86. The summed E-state index contributed by atoms with van der Waals surface area (Å²) in [4.78, 5) is 18.8. The molecule has 0 bridgehead atoms. The highest BCUT2D eigenvalue weighted by molar-refractivity contribution is 7.07. The molecule has 2 rings (SSSR count). The van der Waals surface area contributed by atoms with Crippen molar-refractivity contribution in [3.8, 4) is 0 Å². The lowest BCUT2D eigenvalue weighted by Crippen LogP contribution is -2.36. The molecule has 0 radical (unpaired) electrons. The van der Waals surface area contributed by atoms with Crippen molar-refractivity contribution < 1.29 is 4.79 Å². The molecule has 1 heterocycles. The van der Waals surface area contributed by atoms with Crippen molar-refractivity contribution >= 4 is 23.2 Å². The molecule has 0 aliphatic rings. The zero-order valence-corrected chi connectivity index (χ0v) is 16.6. The van der Waals surface area contributed by atoms with Crippen LogP contribution in [0.3, 0.4) is 0 Å². The molecular weight excluding hydrogens is 344 g/mol. The SMILES string of the molecule is CCNC(=NCc1ccsc1)NCc1ccc(C(=O)N(CC)CC)cc1. The van der Waals surface area contributed by atoms with E-state index < -0.39 is 0 Å². The minimum absolute atomic E-state index is 0.0835. The number of guanidine groups is 1. The van der Waals surface area contributed by atoms with Crippen molar-refractivity contribution in [2.75, 3.05) is 19.6 Å². The van der Waals surface area contributed by atoms with E-state index in [1.807, 2.05) is 43.0 Å². The molecule has 0 atom stereocenters. The number of nitrogens with one attached hydrogen (secondary N) is 2. The molecule has 0 aliphatic carbocycles. The van der Waals surface area contributed by atoms with Crippen LogP contribution >= 0.6 is 11.3 Å². The van der Waals surface area contributed by atoms with E-state index in [1.54, 1.807) is 11.3 Å². The fraction of sp³-hybridized carbons (Fsp3) is 0.400. The minimum Gasteiger partial charge on any atom is -0.357 e. The molecule has 0 saturated carbocycles. The third-order valence-electron chi connectivity index (χ3n) is 4.06. The van der Waals surface area contributed by atoms with Gasteiger partial charge in [-0.1, -0.05) is 12.1 Å². The van der Waals surface area contributed by atoms with Gasteiger partial charge in [-0.3, -0.25) is 4.79 Å². The van der Waals surface area contributed by atoms with Crippen LogP contribution in [0, 0.1) is 0 Å². The smallest absolute Gasteiger partial charge is 0.253 e. The average molecular weight is 373 g/mol. The average Bonchev–Trinajstić information content (AvgIpc) is 3.19. The standard InChI is InChI=1S/C20H28N4OS/c1-4-21-20(23-14-17-11-12-26-15-17)22-13-16-7-9-18(10-8-16)19(25)24(5-2)6-3/h7-12,15H,4-6,13-14H2,1-3H3,(H2,21,22,23). The summed E-state index contributed by atoms with van der Waals surface area (Å²) in [5.41, 5.74) is 3.06. The summed E-state index contributed by atoms with van der Waals surface area (Å²) >= 11 is 1.68. The number of nitrogens with zero attached hydrogens (tertiary/aromatic N) is 2. The molecule has 0 saturated heterocycles. The van der Waals surface area contributed by atoms with Crippen molar-refractivity contribution in [2.45, 2.75) is 33.9 Å². The molecule has 1 aromatic heterocycles. The molecule has 1 amide bonds. The second-order valence-corrected chi connectivity index (χ2v) is 6.63. The Morgan fingerprint density at radius 3 is 2.35 bits per heavy atom. The topological polar surface area (TPSA) is 56.7 Å². The van der Waals surface area contributed by atoms with Crippen molar-refractivity contribution in [3.63, 3.8) is 0 Å². The highest BCUT2D eigenvalue weighted by Gasteiger charge is 2.11. The van der Waals surface area contributed by atoms with Crippen LogP contribution in [0.25, 0.3) is 0 Å². The Morgan fingerprint density at radius 2 is 1.77 bits per heavy atom. The van der Waals surface area contributed by atoms with E-state index in [1.165, 1.54) is 5.56 Å². The van der Waals surface area contributed by atoms with Crippen molar-refractivity contribution in [3.05, 3.63) is 57.8 Å². The van der Waals surface area contributed by atoms with Gasteiger partial charge in [0, 0.05) is 31.7 Å². The molecule has 140 valence electrons. The van der Waals surface area contributed by atoms with Gasteiger partial charge in [0.15, 0.2) is 5.96 Å². The first-order valence-electron chi connectivity index (χ1n) is 9.09. The Balaban J connectivity index is 1.94. The largest absolute Gasteiger partial charge is 0.357 e. The second-order valence-electron chi connectivity index (χ2n) is 5.85. The van der Waals surface area contributed by atoms with Gasteiger partial charge >= 0.3 is 0 Å². The maximum absolute atomic E-state index is 12.3. The fourth-order valence-corrected chi connectivity index (χ4v) is 3.20. The minimum atomic E-state index is 0.0835. The maximum atomic E-state index is 12.3. The third kappa shape index (κ3) is 5.88. The van der Waals surface area contributed by atoms with Crippen LogP contribution < -0.4 is 10.6 Å². The predicted molar refractivity (Wildman–Crippen MR) is 110 cm³/mol. The van der Waals surface area contributed by atoms with Crippen LogP contribution in [-0.2, 0) is 13.1 Å². The number of amides is 1. The zero-order chi connectivity index (χ0) is 18.8. The van der Waals surface area contributed by atoms with E-state index in [-0.39, 0.29) is 5.91 Å². The number of carbonyl (C=O) groups is 1. The van der Waals surface area contributed by atoms with E-state index in [0.29, 0.717) is 13.1 Å². The lowest BCUT2D eigenvalue weighted by atomic mass is 10.1. The molecular formula is C20H28N4OS. The maximum Gasteiger partial charge on any atom is 0.253 e. The van der Waals surface area contributed by atoms with Gasteiger partial charge in [0.05, 0.1) is 6.54 Å². The van der Waals surface area contributed by atoms with Gasteiger partial charge in [-0.2, -0.15) is 11.3 Å². The molecule has 26 heavy (non-hydrogen) atoms. The highest BCUT2D eigenvalue weighted by Crippen LogP contribution is 2.09. The van der Waals surface area contributed by atoms with Gasteiger partial charge in [-0.25, -0.2) is 4.99 Å². The molecule has 2 aromatic rings. The van der Waals surface area contributed by atoms with Crippen molar-refractivity contribution in [1.29, 1.82) is 0 Å². The van der Waals surface area contributed by atoms with E-state index in [0.717, 1.165) is 36.7 Å². The Hall–Kier alpha value is -2.34. The first-order valence-corrected chi connectivity index (χ1v) is 10.0. The molecule has 0 unspecified atom stereocenters. The fourth-order valence-electron chi connectivity index (χ4n) is 2.54. The number of carbonyl (C=O) groups excluding carboxylic acids is 1. The van der Waals surface area contributed by atoms with Crippen LogP contribution in [0.4, 0.5) is 0 Å². The van der Waals surface area contributed by atoms with Gasteiger partial charge < -0.3 is 15.5 Å². The normalized spacial score (nSPS) is 11.3. The van der Waals surface area contributed by atoms with Crippen LogP contribution in [0.2, 0.25) is 0 Å². The second kappa shape index (κ2) is 10.6. The number of rotatable bonds is 8. The van der Waals surface area contributed by atoms with Gasteiger partial charge in [0.2, 0.25) is 0 Å². The molecule has 2 N–H and O–H groups in total. The molecule has 6 heteroatoms. The van der Waals surface area contributed by atoms with E-state index in [9.17, 15) is 4.79 Å². The quantitative estimate of drug-likeness (QED) is 0.551. The van der Waals surface area contributed by atoms with E-state index in [2.05, 4.69) is 39.4 Å². The van der Waals surface area contributed by atoms with E-state index in [4.69, 9.17) is 0 Å². The van der Waals surface area contributed by atoms with Gasteiger partial charge in [0.25, 0.3) is 5.91 Å². The summed E-state index contributed by atoms with van der Waals surface area (Å²) in [5, 5.41) is 10.8. The number of thiophene rings is 1. The van der Waals surface area contributed by atoms with Crippen molar-refractivity contribution in [2.24, 2.45) is 4.99 Å². The first-order chi connectivity index (χ1) is 12.7. The molecule has 0 fully saturated rings. The van der Waals surface area contributed by atoms with Crippen LogP contribution in [-0.4, -0.2) is 36.4 Å². The molecule has 0 aliphatic heterocycles. The number of hydrogen-bond donors (Lipinski definition) is 2. The Kier molecular flexibility index (Phi) is 8.15. The Bertz CT molecular complexity index is 691. The summed E-state index contributed by atoms with van der Waals surface area (Å²) in [7, 11) is 0. The summed E-state index contributed by atoms with van der Waals surface area (Å²) in [5.74, 6) is 0.877. The summed E-state index contributed by atoms with van der Waals surface area (Å²) in [6.07, 6.45) is 0. The lowest BCUT2D eigenvalue weighted by molar-refractivity contribution is 0.0773. The van der Waals surface area contributed by atoms with Gasteiger partial charge in [-0.15, -0.1) is 0 Å². The van der Waals surface area contributed by atoms with Crippen LogP contribution in [0.1, 0.15) is 42.3 Å². The monoisotopic (exact) mass is 372 g/mol. The van der Waals surface area contributed by atoms with Crippen LogP contribution in [0.5, 0.6) is 0 Å². The summed E-state index contributed by atoms with van der Waals surface area (Å²) < 4.78 is 0. The molecule has 1 aromatic carbocycles. The van der Waals surface area contributed by atoms with Crippen molar-refractivity contribution in [1.82, 2.24) is 15.5 Å². The molecule has 5 nitrogen and oxygen atoms in total. The summed E-state index contributed by atoms with van der Waals surface area (Å²) in [6.45, 7) is 9.64. The number of hydrogen-bond acceptors (Lipinski definition) is 3. The lowest BCUT2D eigenvalue weighted by Gasteiger charge is -2.18. The highest BCUT2D eigenvalue weighted by atomic mass is 32.1. The Labute approximate surface area is 160 Å². The van der Waals surface area contributed by atoms with Gasteiger partial charge in [-0.05, 0) is 60.9 Å². The number of aliphatic imine (C=N–C) groups is 1. The van der Waals surface area contributed by atoms with E-state index >= 15 is 0 Å². The van der Waals surface area contributed by atoms with Crippen LogP contribution in [0.15, 0.2) is 46.1 Å².